The average Bonchev–Trinajstić information content (AvgIpc) is 2.25. The van der Waals surface area contributed by atoms with E-state index in [1.54, 1.807) is 0 Å². The second-order valence-corrected chi connectivity index (χ2v) is 5.19. The third-order valence-corrected chi connectivity index (χ3v) is 3.60. The summed E-state index contributed by atoms with van der Waals surface area (Å²) >= 11 is 3.17. The average molecular weight is 306 g/mol. The number of rotatable bonds is 2. The van der Waals surface area contributed by atoms with Crippen LogP contribution in [0.3, 0.4) is 0 Å². The Morgan fingerprint density at radius 3 is 2.82 bits per heavy atom. The van der Waals surface area contributed by atoms with Gasteiger partial charge in [0.1, 0.15) is 11.6 Å². The van der Waals surface area contributed by atoms with Crippen LogP contribution in [-0.4, -0.2) is 19.3 Å². The molecule has 2 unspecified atom stereocenters. The highest BCUT2D eigenvalue weighted by molar-refractivity contribution is 9.10. The van der Waals surface area contributed by atoms with Gasteiger partial charge in [-0.2, -0.15) is 0 Å². The summed E-state index contributed by atoms with van der Waals surface area (Å²) in [6.45, 7) is 3.38. The van der Waals surface area contributed by atoms with Crippen LogP contribution in [0.1, 0.15) is 13.3 Å². The Labute approximate surface area is 107 Å². The number of nitrogens with one attached hydrogen (secondary N) is 1. The maximum absolute atomic E-state index is 13.6. The Morgan fingerprint density at radius 2 is 2.18 bits per heavy atom. The topological polar surface area (TPSA) is 21.3 Å². The maximum atomic E-state index is 13.6. The van der Waals surface area contributed by atoms with E-state index in [9.17, 15) is 8.78 Å². The fraction of sp³-hybridized carbons (Fsp3) is 0.500. The van der Waals surface area contributed by atoms with Gasteiger partial charge < -0.3 is 10.1 Å². The lowest BCUT2D eigenvalue weighted by Crippen LogP contribution is -2.36. The van der Waals surface area contributed by atoms with Crippen LogP contribution in [0, 0.1) is 17.6 Å². The third kappa shape index (κ3) is 2.96. The van der Waals surface area contributed by atoms with E-state index in [0.717, 1.165) is 12.5 Å². The highest BCUT2D eigenvalue weighted by atomic mass is 79.9. The molecule has 17 heavy (non-hydrogen) atoms. The number of hydrogen-bond acceptors (Lipinski definition) is 2. The van der Waals surface area contributed by atoms with E-state index in [-0.39, 0.29) is 6.04 Å². The zero-order chi connectivity index (χ0) is 12.4. The van der Waals surface area contributed by atoms with Crippen LogP contribution in [-0.2, 0) is 4.74 Å². The standard InChI is InChI=1S/C12H14BrF2NO/c1-7-6-17-3-2-11(7)16-12-9(13)4-8(14)5-10(12)15/h4-5,7,11,16H,2-3,6H2,1H3. The maximum Gasteiger partial charge on any atom is 0.150 e. The lowest BCUT2D eigenvalue weighted by molar-refractivity contribution is 0.0537. The molecule has 0 amide bonds. The van der Waals surface area contributed by atoms with Crippen molar-refractivity contribution in [2.45, 2.75) is 19.4 Å². The van der Waals surface area contributed by atoms with Gasteiger partial charge in [-0.05, 0) is 34.3 Å². The van der Waals surface area contributed by atoms with Crippen molar-refractivity contribution in [1.82, 2.24) is 0 Å². The molecule has 0 radical (unpaired) electrons. The summed E-state index contributed by atoms with van der Waals surface area (Å²) in [7, 11) is 0. The predicted molar refractivity (Wildman–Crippen MR) is 66.1 cm³/mol. The summed E-state index contributed by atoms with van der Waals surface area (Å²) in [6, 6.07) is 2.30. The monoisotopic (exact) mass is 305 g/mol. The molecule has 5 heteroatoms. The first-order valence-electron chi connectivity index (χ1n) is 5.56. The molecule has 1 heterocycles. The van der Waals surface area contributed by atoms with Gasteiger partial charge in [0, 0.05) is 23.2 Å². The summed E-state index contributed by atoms with van der Waals surface area (Å²) < 4.78 is 32.3. The van der Waals surface area contributed by atoms with Gasteiger partial charge in [0.2, 0.25) is 0 Å². The van der Waals surface area contributed by atoms with Crippen molar-refractivity contribution in [2.75, 3.05) is 18.5 Å². The van der Waals surface area contributed by atoms with Crippen LogP contribution in [0.4, 0.5) is 14.5 Å². The molecule has 0 spiro atoms. The molecular weight excluding hydrogens is 292 g/mol. The van der Waals surface area contributed by atoms with Crippen molar-refractivity contribution in [3.63, 3.8) is 0 Å². The van der Waals surface area contributed by atoms with Gasteiger partial charge in [-0.15, -0.1) is 0 Å². The van der Waals surface area contributed by atoms with Crippen LogP contribution in [0.5, 0.6) is 0 Å². The Kier molecular flexibility index (Phi) is 3.99. The van der Waals surface area contributed by atoms with Gasteiger partial charge in [0.25, 0.3) is 0 Å². The van der Waals surface area contributed by atoms with Gasteiger partial charge in [-0.25, -0.2) is 8.78 Å². The first kappa shape index (κ1) is 12.8. The number of hydrogen-bond donors (Lipinski definition) is 1. The first-order valence-corrected chi connectivity index (χ1v) is 6.36. The quantitative estimate of drug-likeness (QED) is 0.902. The van der Waals surface area contributed by atoms with E-state index in [1.807, 2.05) is 6.92 Å². The molecule has 1 saturated heterocycles. The van der Waals surface area contributed by atoms with Gasteiger partial charge >= 0.3 is 0 Å². The van der Waals surface area contributed by atoms with Crippen molar-refractivity contribution >= 4 is 21.6 Å². The van der Waals surface area contributed by atoms with Gasteiger partial charge in [0.05, 0.1) is 12.3 Å². The van der Waals surface area contributed by atoms with E-state index < -0.39 is 11.6 Å². The molecule has 1 fully saturated rings. The van der Waals surface area contributed by atoms with Crippen LogP contribution < -0.4 is 5.32 Å². The van der Waals surface area contributed by atoms with Crippen molar-refractivity contribution in [3.8, 4) is 0 Å². The van der Waals surface area contributed by atoms with Gasteiger partial charge in [0.15, 0.2) is 0 Å². The minimum atomic E-state index is -0.583. The highest BCUT2D eigenvalue weighted by Crippen LogP contribution is 2.29. The van der Waals surface area contributed by atoms with Crippen LogP contribution in [0.2, 0.25) is 0 Å². The molecule has 0 saturated carbocycles. The third-order valence-electron chi connectivity index (χ3n) is 2.98. The number of ether oxygens (including phenoxy) is 1. The predicted octanol–water partition coefficient (Wildman–Crippen LogP) is 3.56. The molecule has 1 N–H and O–H groups in total. The Balaban J connectivity index is 2.17. The summed E-state index contributed by atoms with van der Waals surface area (Å²) in [6.07, 6.45) is 0.824. The number of benzene rings is 1. The van der Waals surface area contributed by atoms with E-state index in [4.69, 9.17) is 4.74 Å². The number of anilines is 1. The molecule has 1 aromatic rings. The lowest BCUT2D eigenvalue weighted by Gasteiger charge is -2.30. The van der Waals surface area contributed by atoms with Crippen molar-refractivity contribution in [2.24, 2.45) is 5.92 Å². The van der Waals surface area contributed by atoms with Gasteiger partial charge in [-0.1, -0.05) is 6.92 Å². The molecule has 2 atom stereocenters. The molecule has 2 nitrogen and oxygen atoms in total. The summed E-state index contributed by atoms with van der Waals surface area (Å²) in [5.41, 5.74) is 0.324. The zero-order valence-electron chi connectivity index (χ0n) is 9.47. The summed E-state index contributed by atoms with van der Waals surface area (Å²) in [5.74, 6) is -0.851. The van der Waals surface area contributed by atoms with Crippen LogP contribution in [0.15, 0.2) is 16.6 Å². The zero-order valence-corrected chi connectivity index (χ0v) is 11.1. The minimum Gasteiger partial charge on any atom is -0.381 e. The normalized spacial score (nSPS) is 24.7. The van der Waals surface area contributed by atoms with E-state index >= 15 is 0 Å². The Bertz CT molecular complexity index is 390. The minimum absolute atomic E-state index is 0.153. The smallest absolute Gasteiger partial charge is 0.150 e. The second-order valence-electron chi connectivity index (χ2n) is 4.34. The second kappa shape index (κ2) is 5.31. The van der Waals surface area contributed by atoms with E-state index in [1.165, 1.54) is 6.07 Å². The fourth-order valence-electron chi connectivity index (χ4n) is 1.96. The molecule has 2 rings (SSSR count). The van der Waals surface area contributed by atoms with Crippen LogP contribution >= 0.6 is 15.9 Å². The van der Waals surface area contributed by atoms with E-state index in [2.05, 4.69) is 21.2 Å². The Hall–Kier alpha value is -0.680. The molecule has 94 valence electrons. The van der Waals surface area contributed by atoms with Crippen molar-refractivity contribution in [3.05, 3.63) is 28.2 Å². The highest BCUT2D eigenvalue weighted by Gasteiger charge is 2.23. The fourth-order valence-corrected chi connectivity index (χ4v) is 2.48. The Morgan fingerprint density at radius 1 is 1.41 bits per heavy atom. The molecule has 1 aliphatic rings. The lowest BCUT2D eigenvalue weighted by atomic mass is 9.97. The molecule has 1 aliphatic heterocycles. The summed E-state index contributed by atoms with van der Waals surface area (Å²) in [5, 5.41) is 3.13. The molecule has 0 aliphatic carbocycles. The number of halogens is 3. The first-order chi connectivity index (χ1) is 8.08. The SMILES string of the molecule is CC1COCCC1Nc1c(F)cc(F)cc1Br. The molecule has 0 bridgehead atoms. The molecule has 1 aromatic carbocycles. The van der Waals surface area contributed by atoms with Crippen molar-refractivity contribution < 1.29 is 13.5 Å². The molecule has 0 aromatic heterocycles. The molecular formula is C12H14BrF2NO. The van der Waals surface area contributed by atoms with E-state index in [0.29, 0.717) is 29.3 Å². The summed E-state index contributed by atoms with van der Waals surface area (Å²) in [4.78, 5) is 0. The largest absolute Gasteiger partial charge is 0.381 e. The van der Waals surface area contributed by atoms with Crippen LogP contribution in [0.25, 0.3) is 0 Å². The van der Waals surface area contributed by atoms with Gasteiger partial charge in [-0.3, -0.25) is 0 Å². The van der Waals surface area contributed by atoms with Crippen molar-refractivity contribution in [1.29, 1.82) is 0 Å².